The number of nitriles is 1. The zero-order chi connectivity index (χ0) is 14.5. The van der Waals surface area contributed by atoms with Gasteiger partial charge in [-0.15, -0.1) is 0 Å². The first-order valence-corrected chi connectivity index (χ1v) is 6.33. The van der Waals surface area contributed by atoms with Gasteiger partial charge in [-0.3, -0.25) is 0 Å². The molecule has 20 heavy (non-hydrogen) atoms. The minimum atomic E-state index is -0.320. The molecule has 0 atom stereocenters. The Morgan fingerprint density at radius 2 is 1.85 bits per heavy atom. The average Bonchev–Trinajstić information content (AvgIpc) is 2.43. The average molecular weight is 285 g/mol. The first kappa shape index (κ1) is 14.0. The largest absolute Gasteiger partial charge is 0.332 e. The highest BCUT2D eigenvalue weighted by Gasteiger charge is 2.03. The molecule has 5 heteroatoms. The summed E-state index contributed by atoms with van der Waals surface area (Å²) in [7, 11) is 0. The first-order valence-electron chi connectivity index (χ1n) is 5.93. The maximum Gasteiger partial charge on any atom is 0.175 e. The molecule has 0 aromatic heterocycles. The van der Waals surface area contributed by atoms with E-state index in [0.29, 0.717) is 16.4 Å². The summed E-state index contributed by atoms with van der Waals surface area (Å²) in [5, 5.41) is 15.0. The van der Waals surface area contributed by atoms with Gasteiger partial charge in [0.2, 0.25) is 0 Å². The van der Waals surface area contributed by atoms with Crippen molar-refractivity contribution in [3.8, 4) is 6.07 Å². The highest BCUT2D eigenvalue weighted by atomic mass is 32.1. The van der Waals surface area contributed by atoms with Gasteiger partial charge in [0.15, 0.2) is 5.11 Å². The van der Waals surface area contributed by atoms with Gasteiger partial charge < -0.3 is 10.6 Å². The Balaban J connectivity index is 2.05. The van der Waals surface area contributed by atoms with Crippen molar-refractivity contribution in [2.45, 2.75) is 6.92 Å². The van der Waals surface area contributed by atoms with Crippen molar-refractivity contribution in [3.05, 3.63) is 59.4 Å². The Kier molecular flexibility index (Phi) is 4.28. The predicted molar refractivity (Wildman–Crippen MR) is 82.1 cm³/mol. The SMILES string of the molecule is Cc1ccc(F)cc1NC(=S)Nc1ccc(C#N)cc1. The molecule has 2 aromatic rings. The molecule has 0 saturated carbocycles. The second-order valence-corrected chi connectivity index (χ2v) is 4.64. The van der Waals surface area contributed by atoms with Gasteiger partial charge >= 0.3 is 0 Å². The van der Waals surface area contributed by atoms with Crippen molar-refractivity contribution in [1.29, 1.82) is 5.26 Å². The van der Waals surface area contributed by atoms with Crippen molar-refractivity contribution in [2.24, 2.45) is 0 Å². The lowest BCUT2D eigenvalue weighted by atomic mass is 10.2. The first-order chi connectivity index (χ1) is 9.58. The molecule has 0 bridgehead atoms. The topological polar surface area (TPSA) is 47.8 Å². The van der Waals surface area contributed by atoms with Crippen LogP contribution < -0.4 is 10.6 Å². The highest BCUT2D eigenvalue weighted by Crippen LogP contribution is 2.17. The number of aryl methyl sites for hydroxylation is 1. The second kappa shape index (κ2) is 6.13. The Hall–Kier alpha value is -2.45. The highest BCUT2D eigenvalue weighted by molar-refractivity contribution is 7.80. The number of nitrogens with one attached hydrogen (secondary N) is 2. The second-order valence-electron chi connectivity index (χ2n) is 4.23. The minimum Gasteiger partial charge on any atom is -0.332 e. The van der Waals surface area contributed by atoms with E-state index in [0.717, 1.165) is 11.3 Å². The lowest BCUT2D eigenvalue weighted by Crippen LogP contribution is -2.19. The van der Waals surface area contributed by atoms with Gasteiger partial charge in [-0.2, -0.15) is 5.26 Å². The van der Waals surface area contributed by atoms with E-state index in [9.17, 15) is 4.39 Å². The van der Waals surface area contributed by atoms with Gasteiger partial charge in [0.05, 0.1) is 11.6 Å². The van der Waals surface area contributed by atoms with E-state index in [-0.39, 0.29) is 5.82 Å². The van der Waals surface area contributed by atoms with Crippen LogP contribution in [0.5, 0.6) is 0 Å². The molecule has 0 spiro atoms. The lowest BCUT2D eigenvalue weighted by molar-refractivity contribution is 0.628. The maximum atomic E-state index is 13.2. The monoisotopic (exact) mass is 285 g/mol. The van der Waals surface area contributed by atoms with Crippen LogP contribution in [-0.2, 0) is 0 Å². The molecule has 0 aliphatic rings. The smallest absolute Gasteiger partial charge is 0.175 e. The summed E-state index contributed by atoms with van der Waals surface area (Å²) < 4.78 is 13.2. The number of thiocarbonyl (C=S) groups is 1. The van der Waals surface area contributed by atoms with Gasteiger partial charge in [0.1, 0.15) is 5.82 Å². The van der Waals surface area contributed by atoms with Crippen LogP contribution in [0.3, 0.4) is 0 Å². The number of halogens is 1. The van der Waals surface area contributed by atoms with Crippen LogP contribution >= 0.6 is 12.2 Å². The van der Waals surface area contributed by atoms with Gasteiger partial charge in [-0.05, 0) is 61.1 Å². The van der Waals surface area contributed by atoms with E-state index >= 15 is 0 Å². The van der Waals surface area contributed by atoms with Crippen molar-refractivity contribution >= 4 is 28.7 Å². The molecular formula is C15H12FN3S. The molecule has 0 aliphatic carbocycles. The summed E-state index contributed by atoms with van der Waals surface area (Å²) in [6.45, 7) is 1.87. The van der Waals surface area contributed by atoms with E-state index in [1.54, 1.807) is 30.3 Å². The van der Waals surface area contributed by atoms with Gasteiger partial charge in [0.25, 0.3) is 0 Å². The summed E-state index contributed by atoms with van der Waals surface area (Å²) in [5.41, 5.74) is 2.86. The molecule has 0 saturated heterocycles. The number of nitrogens with zero attached hydrogens (tertiary/aromatic N) is 1. The number of benzene rings is 2. The zero-order valence-corrected chi connectivity index (χ0v) is 11.6. The van der Waals surface area contributed by atoms with Crippen molar-refractivity contribution in [1.82, 2.24) is 0 Å². The minimum absolute atomic E-state index is 0.320. The Morgan fingerprint density at radius 3 is 2.50 bits per heavy atom. The van der Waals surface area contributed by atoms with E-state index in [2.05, 4.69) is 10.6 Å². The summed E-state index contributed by atoms with van der Waals surface area (Å²) in [5.74, 6) is -0.320. The molecule has 0 radical (unpaired) electrons. The van der Waals surface area contributed by atoms with E-state index in [1.165, 1.54) is 12.1 Å². The maximum absolute atomic E-state index is 13.2. The van der Waals surface area contributed by atoms with Crippen LogP contribution in [0.2, 0.25) is 0 Å². The predicted octanol–water partition coefficient (Wildman–Crippen LogP) is 3.81. The molecule has 100 valence electrons. The number of anilines is 2. The third-order valence-corrected chi connectivity index (χ3v) is 2.92. The fraction of sp³-hybridized carbons (Fsp3) is 0.0667. The molecular weight excluding hydrogens is 273 g/mol. The summed E-state index contributed by atoms with van der Waals surface area (Å²) in [6.07, 6.45) is 0. The fourth-order valence-corrected chi connectivity index (χ4v) is 1.87. The zero-order valence-electron chi connectivity index (χ0n) is 10.8. The molecule has 3 nitrogen and oxygen atoms in total. The molecule has 2 rings (SSSR count). The molecule has 0 amide bonds. The standard InChI is InChI=1S/C15H12FN3S/c1-10-2-5-12(16)8-14(10)19-15(20)18-13-6-3-11(9-17)4-7-13/h2-8H,1H3,(H2,18,19,20). The number of hydrogen-bond donors (Lipinski definition) is 2. The van der Waals surface area contributed by atoms with Crippen molar-refractivity contribution < 1.29 is 4.39 Å². The number of hydrogen-bond acceptors (Lipinski definition) is 2. The molecule has 0 aliphatic heterocycles. The fourth-order valence-electron chi connectivity index (χ4n) is 1.64. The molecule has 0 fully saturated rings. The third-order valence-electron chi connectivity index (χ3n) is 2.72. The molecule has 0 unspecified atom stereocenters. The Labute approximate surface area is 122 Å². The van der Waals surface area contributed by atoms with Crippen LogP contribution in [0.15, 0.2) is 42.5 Å². The molecule has 2 aromatic carbocycles. The van der Waals surface area contributed by atoms with Crippen LogP contribution in [-0.4, -0.2) is 5.11 Å². The van der Waals surface area contributed by atoms with Crippen LogP contribution in [0.4, 0.5) is 15.8 Å². The Bertz CT molecular complexity index is 675. The van der Waals surface area contributed by atoms with Crippen LogP contribution in [0, 0.1) is 24.1 Å². The van der Waals surface area contributed by atoms with E-state index < -0.39 is 0 Å². The van der Waals surface area contributed by atoms with Crippen molar-refractivity contribution in [3.63, 3.8) is 0 Å². The van der Waals surface area contributed by atoms with Crippen LogP contribution in [0.25, 0.3) is 0 Å². The van der Waals surface area contributed by atoms with Crippen LogP contribution in [0.1, 0.15) is 11.1 Å². The summed E-state index contributed by atoms with van der Waals surface area (Å²) >= 11 is 5.17. The van der Waals surface area contributed by atoms with Gasteiger partial charge in [-0.1, -0.05) is 6.07 Å². The number of rotatable bonds is 2. The quantitative estimate of drug-likeness (QED) is 0.824. The molecule has 2 N–H and O–H groups in total. The Morgan fingerprint density at radius 1 is 1.15 bits per heavy atom. The summed E-state index contributed by atoms with van der Waals surface area (Å²) in [6, 6.07) is 13.4. The summed E-state index contributed by atoms with van der Waals surface area (Å²) in [4.78, 5) is 0. The van der Waals surface area contributed by atoms with Gasteiger partial charge in [-0.25, -0.2) is 4.39 Å². The van der Waals surface area contributed by atoms with E-state index in [4.69, 9.17) is 17.5 Å². The lowest BCUT2D eigenvalue weighted by Gasteiger charge is -2.12. The van der Waals surface area contributed by atoms with E-state index in [1.807, 2.05) is 13.0 Å². The molecule has 0 heterocycles. The van der Waals surface area contributed by atoms with Crippen molar-refractivity contribution in [2.75, 3.05) is 10.6 Å². The normalized spacial score (nSPS) is 9.65. The van der Waals surface area contributed by atoms with Gasteiger partial charge in [0, 0.05) is 11.4 Å². The third kappa shape index (κ3) is 3.53.